The number of nitrogens with two attached hydrogens (primary N) is 1. The normalized spacial score (nSPS) is 16.9. The van der Waals surface area contributed by atoms with Crippen LogP contribution in [0.25, 0.3) is 11.0 Å². The average Bonchev–Trinajstić information content (AvgIpc) is 2.99. The zero-order valence-corrected chi connectivity index (χ0v) is 19.8. The molecule has 1 amide bonds. The molecule has 0 saturated heterocycles. The molecule has 1 unspecified atom stereocenters. The van der Waals surface area contributed by atoms with Crippen LogP contribution < -0.4 is 10.0 Å². The summed E-state index contributed by atoms with van der Waals surface area (Å²) in [5.74, 6) is 0.283. The maximum absolute atomic E-state index is 13.2. The summed E-state index contributed by atoms with van der Waals surface area (Å²) in [6.07, 6.45) is 0.930. The van der Waals surface area contributed by atoms with Gasteiger partial charge in [-0.05, 0) is 43.7 Å². The fourth-order valence-corrected chi connectivity index (χ4v) is 6.23. The SMILES string of the molecule is CCn1c(SCC(=O)N2CCC(C)Sc3ccccc32)nc2cc(S(N)(=O)=O)ccc21. The third kappa shape index (κ3) is 4.62. The van der Waals surface area contributed by atoms with E-state index in [1.54, 1.807) is 17.8 Å². The number of anilines is 1. The maximum Gasteiger partial charge on any atom is 0.238 e. The molecule has 1 aliphatic heterocycles. The zero-order chi connectivity index (χ0) is 22.2. The lowest BCUT2D eigenvalue weighted by Crippen LogP contribution is -2.33. The smallest absolute Gasteiger partial charge is 0.238 e. The van der Waals surface area contributed by atoms with Crippen molar-refractivity contribution in [3.05, 3.63) is 42.5 Å². The van der Waals surface area contributed by atoms with Crippen molar-refractivity contribution < 1.29 is 13.2 Å². The summed E-state index contributed by atoms with van der Waals surface area (Å²) in [7, 11) is -3.80. The number of aryl methyl sites for hydroxylation is 1. The van der Waals surface area contributed by atoms with Crippen molar-refractivity contribution in [2.75, 3.05) is 17.2 Å². The van der Waals surface area contributed by atoms with E-state index in [0.717, 1.165) is 22.5 Å². The maximum atomic E-state index is 13.2. The molecular formula is C21H24N4O3S3. The second-order valence-electron chi connectivity index (χ2n) is 7.35. The molecule has 2 N–H and O–H groups in total. The van der Waals surface area contributed by atoms with Crippen molar-refractivity contribution in [3.63, 3.8) is 0 Å². The Morgan fingerprint density at radius 2 is 2.06 bits per heavy atom. The van der Waals surface area contributed by atoms with E-state index in [2.05, 4.69) is 18.0 Å². The Bertz CT molecular complexity index is 1240. The highest BCUT2D eigenvalue weighted by Crippen LogP contribution is 2.37. The minimum absolute atomic E-state index is 0.0289. The number of imidazole rings is 1. The topological polar surface area (TPSA) is 98.3 Å². The van der Waals surface area contributed by atoms with E-state index >= 15 is 0 Å². The Balaban J connectivity index is 1.58. The summed E-state index contributed by atoms with van der Waals surface area (Å²) in [5.41, 5.74) is 2.33. The molecule has 2 heterocycles. The molecule has 1 aromatic heterocycles. The number of carbonyl (C=O) groups excluding carboxylic acids is 1. The second kappa shape index (κ2) is 8.85. The zero-order valence-electron chi connectivity index (χ0n) is 17.3. The number of hydrogen-bond donors (Lipinski definition) is 1. The molecule has 164 valence electrons. The van der Waals surface area contributed by atoms with Crippen LogP contribution in [0.1, 0.15) is 20.3 Å². The van der Waals surface area contributed by atoms with Gasteiger partial charge in [-0.15, -0.1) is 11.8 Å². The summed E-state index contributed by atoms with van der Waals surface area (Å²) in [6.45, 7) is 5.52. The highest BCUT2D eigenvalue weighted by molar-refractivity contribution is 8.00. The Kier molecular flexibility index (Phi) is 6.34. The molecule has 0 saturated carbocycles. The summed E-state index contributed by atoms with van der Waals surface area (Å²) in [6, 6.07) is 12.7. The van der Waals surface area contributed by atoms with Crippen molar-refractivity contribution in [2.24, 2.45) is 5.14 Å². The fourth-order valence-electron chi connectivity index (χ4n) is 3.63. The van der Waals surface area contributed by atoms with Crippen LogP contribution in [-0.4, -0.2) is 41.4 Å². The second-order valence-corrected chi connectivity index (χ2v) is 11.3. The largest absolute Gasteiger partial charge is 0.319 e. The highest BCUT2D eigenvalue weighted by atomic mass is 32.2. The van der Waals surface area contributed by atoms with E-state index in [1.807, 2.05) is 34.6 Å². The van der Waals surface area contributed by atoms with Crippen LogP contribution in [0.15, 0.2) is 57.4 Å². The van der Waals surface area contributed by atoms with Crippen LogP contribution in [0.2, 0.25) is 0 Å². The predicted octanol–water partition coefficient (Wildman–Crippen LogP) is 3.71. The van der Waals surface area contributed by atoms with E-state index < -0.39 is 10.0 Å². The number of thioether (sulfide) groups is 2. The van der Waals surface area contributed by atoms with Crippen molar-refractivity contribution in [1.82, 2.24) is 9.55 Å². The third-order valence-electron chi connectivity index (χ3n) is 5.20. The summed E-state index contributed by atoms with van der Waals surface area (Å²) in [5, 5.41) is 6.38. The highest BCUT2D eigenvalue weighted by Gasteiger charge is 2.25. The molecule has 3 aromatic rings. The first-order chi connectivity index (χ1) is 14.8. The molecular weight excluding hydrogens is 452 g/mol. The van der Waals surface area contributed by atoms with Gasteiger partial charge in [-0.3, -0.25) is 4.79 Å². The van der Waals surface area contributed by atoms with E-state index in [9.17, 15) is 13.2 Å². The van der Waals surface area contributed by atoms with Gasteiger partial charge in [-0.1, -0.05) is 30.8 Å². The van der Waals surface area contributed by atoms with Gasteiger partial charge in [-0.25, -0.2) is 18.5 Å². The molecule has 31 heavy (non-hydrogen) atoms. The van der Waals surface area contributed by atoms with E-state index in [4.69, 9.17) is 5.14 Å². The van der Waals surface area contributed by atoms with Gasteiger partial charge in [-0.2, -0.15) is 0 Å². The molecule has 10 heteroatoms. The number of carbonyl (C=O) groups is 1. The molecule has 1 atom stereocenters. The number of primary sulfonamides is 1. The van der Waals surface area contributed by atoms with Crippen molar-refractivity contribution in [2.45, 2.75) is 47.0 Å². The summed E-state index contributed by atoms with van der Waals surface area (Å²) >= 11 is 3.17. The number of rotatable bonds is 5. The molecule has 0 spiro atoms. The first-order valence-corrected chi connectivity index (χ1v) is 13.4. The fraction of sp³-hybridized carbons (Fsp3) is 0.333. The van der Waals surface area contributed by atoms with Crippen LogP contribution in [0.5, 0.6) is 0 Å². The number of nitrogens with zero attached hydrogens (tertiary/aromatic N) is 3. The number of para-hydroxylation sites is 1. The van der Waals surface area contributed by atoms with Gasteiger partial charge in [0.05, 0.1) is 27.4 Å². The average molecular weight is 477 g/mol. The minimum atomic E-state index is -3.80. The monoisotopic (exact) mass is 476 g/mol. The van der Waals surface area contributed by atoms with Crippen molar-refractivity contribution in [3.8, 4) is 0 Å². The Morgan fingerprint density at radius 3 is 2.81 bits per heavy atom. The molecule has 0 radical (unpaired) electrons. The number of amides is 1. The number of aromatic nitrogens is 2. The van der Waals surface area contributed by atoms with Gasteiger partial charge in [0.1, 0.15) is 0 Å². The van der Waals surface area contributed by atoms with Gasteiger partial charge in [0.15, 0.2) is 5.16 Å². The Morgan fingerprint density at radius 1 is 1.29 bits per heavy atom. The molecule has 1 aliphatic rings. The van der Waals surface area contributed by atoms with E-state index in [0.29, 0.717) is 29.0 Å². The van der Waals surface area contributed by atoms with Crippen LogP contribution in [-0.2, 0) is 21.4 Å². The molecule has 7 nitrogen and oxygen atoms in total. The van der Waals surface area contributed by atoms with Crippen LogP contribution in [0.4, 0.5) is 5.69 Å². The molecule has 0 aliphatic carbocycles. The number of sulfonamides is 1. The molecule has 2 aromatic carbocycles. The lowest BCUT2D eigenvalue weighted by Gasteiger charge is -2.22. The third-order valence-corrected chi connectivity index (χ3v) is 8.31. The van der Waals surface area contributed by atoms with Crippen LogP contribution >= 0.6 is 23.5 Å². The van der Waals surface area contributed by atoms with E-state index in [1.165, 1.54) is 23.9 Å². The van der Waals surface area contributed by atoms with E-state index in [-0.39, 0.29) is 16.6 Å². The van der Waals surface area contributed by atoms with Gasteiger partial charge in [0.2, 0.25) is 15.9 Å². The lowest BCUT2D eigenvalue weighted by atomic mass is 10.2. The summed E-state index contributed by atoms with van der Waals surface area (Å²) < 4.78 is 25.3. The van der Waals surface area contributed by atoms with Crippen molar-refractivity contribution >= 4 is 56.2 Å². The lowest BCUT2D eigenvalue weighted by molar-refractivity contribution is -0.116. The molecule has 4 rings (SSSR count). The quantitative estimate of drug-likeness (QED) is 0.564. The predicted molar refractivity (Wildman–Crippen MR) is 126 cm³/mol. The standard InChI is InChI=1S/C21H24N4O3S3/c1-3-24-17-9-8-15(31(22,27)28)12-16(17)23-21(24)29-13-20(26)25-11-10-14(2)30-19-7-5-4-6-18(19)25/h4-9,12,14H,3,10-11,13H2,1-2H3,(H2,22,27,28). The van der Waals surface area contributed by atoms with Gasteiger partial charge >= 0.3 is 0 Å². The van der Waals surface area contributed by atoms with Crippen LogP contribution in [0.3, 0.4) is 0 Å². The number of benzene rings is 2. The van der Waals surface area contributed by atoms with Crippen LogP contribution in [0, 0.1) is 0 Å². The van der Waals surface area contributed by atoms with Gasteiger partial charge < -0.3 is 9.47 Å². The minimum Gasteiger partial charge on any atom is -0.319 e. The number of hydrogen-bond acceptors (Lipinski definition) is 6. The Hall–Kier alpha value is -2.01. The molecule has 0 bridgehead atoms. The molecule has 0 fully saturated rings. The van der Waals surface area contributed by atoms with Crippen molar-refractivity contribution in [1.29, 1.82) is 0 Å². The Labute approximate surface area is 190 Å². The first kappa shape index (κ1) is 22.2. The van der Waals surface area contributed by atoms with Gasteiger partial charge in [0, 0.05) is 23.2 Å². The summed E-state index contributed by atoms with van der Waals surface area (Å²) in [4.78, 5) is 20.8. The number of fused-ring (bicyclic) bond motifs is 2. The van der Waals surface area contributed by atoms with Gasteiger partial charge in [0.25, 0.3) is 0 Å². The first-order valence-electron chi connectivity index (χ1n) is 10.00.